The maximum atomic E-state index is 6.68. The van der Waals surface area contributed by atoms with Gasteiger partial charge in [0.05, 0.1) is 33.3 Å². The van der Waals surface area contributed by atoms with E-state index < -0.39 is 23.7 Å². The molecule has 42 heavy (non-hydrogen) atoms. The summed E-state index contributed by atoms with van der Waals surface area (Å²) < 4.78 is 15.9. The molecule has 2 atom stereocenters. The Balaban J connectivity index is 1.44. The topological polar surface area (TPSA) is 23.4 Å². The Morgan fingerprint density at radius 2 is 1.21 bits per heavy atom. The van der Waals surface area contributed by atoms with Crippen LogP contribution >= 0.6 is 8.58 Å². The Morgan fingerprint density at radius 1 is 0.595 bits per heavy atom. The number of rotatable bonds is 1. The van der Waals surface area contributed by atoms with Gasteiger partial charge in [0.1, 0.15) is 0 Å². The van der Waals surface area contributed by atoms with E-state index in [0.717, 1.165) is 5.46 Å². The van der Waals surface area contributed by atoms with Crippen LogP contribution in [0.25, 0.3) is 27.5 Å². The summed E-state index contributed by atoms with van der Waals surface area (Å²) in [5, 5.41) is 5.31. The molecule has 0 saturated carbocycles. The van der Waals surface area contributed by atoms with E-state index in [1.165, 1.54) is 60.4 Å². The van der Waals surface area contributed by atoms with Crippen molar-refractivity contribution in [3.63, 3.8) is 0 Å². The summed E-state index contributed by atoms with van der Waals surface area (Å²) in [6, 6.07) is 40.7. The second-order valence-electron chi connectivity index (χ2n) is 12.9. The molecule has 1 fully saturated rings. The molecule has 1 spiro atoms. The highest BCUT2D eigenvalue weighted by molar-refractivity contribution is 7.56. The smallest absolute Gasteiger partial charge is 0.399 e. The lowest BCUT2D eigenvalue weighted by atomic mass is 9.61. The molecular weight excluding hydrogens is 532 g/mol. The summed E-state index contributed by atoms with van der Waals surface area (Å²) in [5.74, 6) is 0. The van der Waals surface area contributed by atoms with Crippen molar-refractivity contribution in [3.8, 4) is 5.69 Å². The van der Waals surface area contributed by atoms with Crippen molar-refractivity contribution in [1.29, 1.82) is 0 Å². The van der Waals surface area contributed by atoms with Crippen LogP contribution in [0.4, 0.5) is 0 Å². The Labute approximate surface area is 248 Å². The Morgan fingerprint density at radius 3 is 2.05 bits per heavy atom. The average molecular weight is 563 g/mol. The van der Waals surface area contributed by atoms with Gasteiger partial charge >= 0.3 is 7.12 Å². The van der Waals surface area contributed by atoms with Crippen molar-refractivity contribution >= 4 is 53.6 Å². The van der Waals surface area contributed by atoms with Crippen LogP contribution < -0.4 is 16.1 Å². The first-order valence-corrected chi connectivity index (χ1v) is 15.8. The number of hydrogen-bond donors (Lipinski definition) is 0. The zero-order valence-electron chi connectivity index (χ0n) is 24.2. The first-order valence-electron chi connectivity index (χ1n) is 14.8. The minimum absolute atomic E-state index is 0.405. The molecule has 6 aromatic rings. The highest BCUT2D eigenvalue weighted by Gasteiger charge is 2.54. The van der Waals surface area contributed by atoms with Gasteiger partial charge in [-0.05, 0) is 78.2 Å². The molecule has 0 radical (unpaired) electrons. The van der Waals surface area contributed by atoms with Gasteiger partial charge in [0.15, 0.2) is 0 Å². The molecule has 3 aliphatic rings. The molecule has 3 nitrogen and oxygen atoms in total. The summed E-state index contributed by atoms with van der Waals surface area (Å²) in [6.45, 7) is 8.55. The van der Waals surface area contributed by atoms with Crippen LogP contribution in [0.2, 0.25) is 0 Å². The molecule has 5 heteroatoms. The largest absolute Gasteiger partial charge is 0.495 e. The van der Waals surface area contributed by atoms with E-state index in [1.54, 1.807) is 0 Å². The van der Waals surface area contributed by atoms with Gasteiger partial charge in [0.25, 0.3) is 0 Å². The first kappa shape index (κ1) is 24.9. The fraction of sp³-hybridized carbons (Fsp3) is 0.189. The van der Waals surface area contributed by atoms with Crippen LogP contribution in [0.15, 0.2) is 109 Å². The molecule has 1 aromatic heterocycles. The van der Waals surface area contributed by atoms with E-state index in [2.05, 4.69) is 141 Å². The van der Waals surface area contributed by atoms with Gasteiger partial charge in [0.2, 0.25) is 0 Å². The Bertz CT molecular complexity index is 2090. The van der Waals surface area contributed by atoms with E-state index >= 15 is 0 Å². The summed E-state index contributed by atoms with van der Waals surface area (Å²) in [6.07, 6.45) is 0. The van der Waals surface area contributed by atoms with Crippen molar-refractivity contribution in [3.05, 3.63) is 131 Å². The predicted molar refractivity (Wildman–Crippen MR) is 176 cm³/mol. The average Bonchev–Trinajstić information content (AvgIpc) is 3.45. The van der Waals surface area contributed by atoms with Crippen molar-refractivity contribution in [1.82, 2.24) is 4.57 Å². The fourth-order valence-electron chi connectivity index (χ4n) is 7.67. The summed E-state index contributed by atoms with van der Waals surface area (Å²) in [4.78, 5) is 0. The van der Waals surface area contributed by atoms with Crippen LogP contribution in [-0.4, -0.2) is 22.9 Å². The fourth-order valence-corrected chi connectivity index (χ4v) is 9.28. The van der Waals surface area contributed by atoms with E-state index in [1.807, 2.05) is 0 Å². The molecule has 1 saturated heterocycles. The van der Waals surface area contributed by atoms with Gasteiger partial charge in [-0.25, -0.2) is 0 Å². The number of fused-ring (bicyclic) bond motifs is 11. The molecule has 3 aliphatic heterocycles. The maximum absolute atomic E-state index is 6.68. The van der Waals surface area contributed by atoms with Crippen molar-refractivity contribution in [2.75, 3.05) is 0 Å². The molecule has 0 amide bonds. The van der Waals surface area contributed by atoms with Gasteiger partial charge in [-0.2, -0.15) is 0 Å². The second-order valence-corrected chi connectivity index (χ2v) is 14.1. The zero-order valence-corrected chi connectivity index (χ0v) is 25.2. The standard InChI is InChI=1S/C37H31BNO2P/c1-35(2)36(3,4)41-38(40-35)29-19-12-18-28-34(29)42-32-22-10-7-16-26(32)37(28)25-15-6-9-21-31(25)39-30-20-8-5-13-23(30)24-14-11-17-27(37)33(24)39/h5-22,42H,1-4H3. The van der Waals surface area contributed by atoms with Crippen LogP contribution in [0.5, 0.6) is 0 Å². The van der Waals surface area contributed by atoms with E-state index in [-0.39, 0.29) is 0 Å². The predicted octanol–water partition coefficient (Wildman–Crippen LogP) is 6.72. The Hall–Kier alpha value is -3.69. The number of hydrogen-bond acceptors (Lipinski definition) is 2. The molecule has 2 unspecified atom stereocenters. The Kier molecular flexibility index (Phi) is 4.87. The van der Waals surface area contributed by atoms with Gasteiger partial charge in [0, 0.05) is 10.8 Å². The number of para-hydroxylation sites is 3. The highest BCUT2D eigenvalue weighted by atomic mass is 31.1. The molecule has 0 N–H and O–H groups in total. The van der Waals surface area contributed by atoms with Crippen LogP contribution in [0, 0.1) is 0 Å². The zero-order chi connectivity index (χ0) is 28.4. The van der Waals surface area contributed by atoms with Gasteiger partial charge in [-0.3, -0.25) is 0 Å². The SMILES string of the molecule is CC1(C)OB(c2cccc3c2Pc2ccccc2C32c3ccccc3-n3c4ccccc4c4cccc2c43)OC1(C)C. The number of nitrogens with zero attached hydrogens (tertiary/aromatic N) is 1. The summed E-state index contributed by atoms with van der Waals surface area (Å²) in [7, 11) is 0.0908. The van der Waals surface area contributed by atoms with Gasteiger partial charge in [-0.15, -0.1) is 0 Å². The molecular formula is C37H31BNO2P. The lowest BCUT2D eigenvalue weighted by molar-refractivity contribution is 0.00578. The number of benzene rings is 5. The molecule has 0 bridgehead atoms. The third kappa shape index (κ3) is 2.93. The van der Waals surface area contributed by atoms with Crippen molar-refractivity contribution in [2.45, 2.75) is 44.3 Å². The lowest BCUT2D eigenvalue weighted by Gasteiger charge is -2.46. The van der Waals surface area contributed by atoms with Crippen molar-refractivity contribution < 1.29 is 9.31 Å². The van der Waals surface area contributed by atoms with E-state index in [0.29, 0.717) is 8.58 Å². The third-order valence-electron chi connectivity index (χ3n) is 10.2. The maximum Gasteiger partial charge on any atom is 0.495 e. The van der Waals surface area contributed by atoms with Crippen LogP contribution in [0.1, 0.15) is 49.9 Å². The van der Waals surface area contributed by atoms with Crippen LogP contribution in [-0.2, 0) is 14.7 Å². The molecule has 0 aliphatic carbocycles. The van der Waals surface area contributed by atoms with E-state index in [4.69, 9.17) is 9.31 Å². The molecule has 5 aromatic carbocycles. The van der Waals surface area contributed by atoms with Gasteiger partial charge in [-0.1, -0.05) is 106 Å². The monoisotopic (exact) mass is 563 g/mol. The minimum Gasteiger partial charge on any atom is -0.399 e. The summed E-state index contributed by atoms with van der Waals surface area (Å²) in [5.41, 5.74) is 9.01. The van der Waals surface area contributed by atoms with Gasteiger partial charge < -0.3 is 13.9 Å². The molecule has 9 rings (SSSR count). The normalized spacial score (nSPS) is 21.6. The first-order chi connectivity index (χ1) is 20.3. The summed E-state index contributed by atoms with van der Waals surface area (Å²) >= 11 is 0. The quantitative estimate of drug-likeness (QED) is 0.164. The molecule has 4 heterocycles. The van der Waals surface area contributed by atoms with E-state index in [9.17, 15) is 0 Å². The minimum atomic E-state index is -0.475. The van der Waals surface area contributed by atoms with Crippen molar-refractivity contribution in [2.24, 2.45) is 0 Å². The third-order valence-corrected chi connectivity index (χ3v) is 11.8. The highest BCUT2D eigenvalue weighted by Crippen LogP contribution is 2.55. The number of aromatic nitrogens is 1. The lowest BCUT2D eigenvalue weighted by Crippen LogP contribution is -2.51. The molecule has 204 valence electrons. The second kappa shape index (κ2) is 8.23. The van der Waals surface area contributed by atoms with Crippen LogP contribution in [0.3, 0.4) is 0 Å².